The molecule has 3 N–H and O–H groups in total. The van der Waals surface area contributed by atoms with Gasteiger partial charge in [-0.2, -0.15) is 5.10 Å². The van der Waals surface area contributed by atoms with E-state index in [9.17, 15) is 0 Å². The average molecular weight is 229 g/mol. The minimum atomic E-state index is 0.100. The SMILES string of the molecule is Cc1c(N)n[nH]c1-c1ccccc1C(C)(C)C. The van der Waals surface area contributed by atoms with E-state index in [0.29, 0.717) is 5.82 Å². The summed E-state index contributed by atoms with van der Waals surface area (Å²) in [5.74, 6) is 0.573. The summed E-state index contributed by atoms with van der Waals surface area (Å²) in [6.07, 6.45) is 0. The zero-order chi connectivity index (χ0) is 12.6. The Morgan fingerprint density at radius 1 is 1.18 bits per heavy atom. The molecule has 0 bridgehead atoms. The van der Waals surface area contributed by atoms with Crippen molar-refractivity contribution in [3.8, 4) is 11.3 Å². The van der Waals surface area contributed by atoms with E-state index in [4.69, 9.17) is 5.73 Å². The number of hydrogen-bond acceptors (Lipinski definition) is 2. The molecule has 0 aliphatic rings. The monoisotopic (exact) mass is 229 g/mol. The number of H-pyrrole nitrogens is 1. The molecule has 2 rings (SSSR count). The summed E-state index contributed by atoms with van der Waals surface area (Å²) in [5.41, 5.74) is 10.4. The van der Waals surface area contributed by atoms with Gasteiger partial charge in [-0.25, -0.2) is 0 Å². The lowest BCUT2D eigenvalue weighted by molar-refractivity contribution is 0.591. The molecule has 1 heterocycles. The Kier molecular flexibility index (Phi) is 2.69. The quantitative estimate of drug-likeness (QED) is 0.788. The van der Waals surface area contributed by atoms with Crippen molar-refractivity contribution < 1.29 is 0 Å². The van der Waals surface area contributed by atoms with Gasteiger partial charge in [0.05, 0.1) is 5.69 Å². The fourth-order valence-corrected chi connectivity index (χ4v) is 2.03. The highest BCUT2D eigenvalue weighted by Gasteiger charge is 2.20. The van der Waals surface area contributed by atoms with E-state index in [1.807, 2.05) is 13.0 Å². The van der Waals surface area contributed by atoms with Crippen LogP contribution in [0.5, 0.6) is 0 Å². The van der Waals surface area contributed by atoms with Crippen molar-refractivity contribution in [1.82, 2.24) is 10.2 Å². The molecular weight excluding hydrogens is 210 g/mol. The number of hydrogen-bond donors (Lipinski definition) is 2. The van der Waals surface area contributed by atoms with Crippen LogP contribution in [0.15, 0.2) is 24.3 Å². The number of nitrogens with two attached hydrogens (primary N) is 1. The second kappa shape index (κ2) is 3.91. The summed E-state index contributed by atoms with van der Waals surface area (Å²) in [6.45, 7) is 8.62. The van der Waals surface area contributed by atoms with Crippen molar-refractivity contribution in [2.75, 3.05) is 5.73 Å². The molecule has 0 fully saturated rings. The third-order valence-corrected chi connectivity index (χ3v) is 3.05. The number of aromatic nitrogens is 2. The zero-order valence-corrected chi connectivity index (χ0v) is 10.8. The first-order valence-corrected chi connectivity index (χ1v) is 5.81. The summed E-state index contributed by atoms with van der Waals surface area (Å²) >= 11 is 0. The van der Waals surface area contributed by atoms with Crippen LogP contribution in [0.25, 0.3) is 11.3 Å². The molecule has 2 aromatic rings. The molecule has 0 radical (unpaired) electrons. The van der Waals surface area contributed by atoms with Gasteiger partial charge in [0, 0.05) is 11.1 Å². The highest BCUT2D eigenvalue weighted by atomic mass is 15.2. The summed E-state index contributed by atoms with van der Waals surface area (Å²) < 4.78 is 0. The molecule has 0 saturated carbocycles. The lowest BCUT2D eigenvalue weighted by Gasteiger charge is -2.22. The molecule has 3 nitrogen and oxygen atoms in total. The zero-order valence-electron chi connectivity index (χ0n) is 10.8. The maximum atomic E-state index is 5.79. The van der Waals surface area contributed by atoms with Crippen molar-refractivity contribution in [2.45, 2.75) is 33.1 Å². The van der Waals surface area contributed by atoms with Crippen LogP contribution in [0.2, 0.25) is 0 Å². The van der Waals surface area contributed by atoms with Gasteiger partial charge in [0.15, 0.2) is 0 Å². The minimum absolute atomic E-state index is 0.100. The van der Waals surface area contributed by atoms with Crippen LogP contribution in [0.4, 0.5) is 5.82 Å². The highest BCUT2D eigenvalue weighted by molar-refractivity contribution is 5.71. The van der Waals surface area contributed by atoms with E-state index < -0.39 is 0 Å². The number of nitrogens with zero attached hydrogens (tertiary/aromatic N) is 1. The van der Waals surface area contributed by atoms with Gasteiger partial charge in [0.2, 0.25) is 0 Å². The van der Waals surface area contributed by atoms with Crippen LogP contribution in [0, 0.1) is 6.92 Å². The number of nitrogen functional groups attached to an aromatic ring is 1. The molecule has 3 heteroatoms. The molecule has 1 aromatic carbocycles. The van der Waals surface area contributed by atoms with E-state index >= 15 is 0 Å². The Hall–Kier alpha value is -1.77. The molecule has 17 heavy (non-hydrogen) atoms. The van der Waals surface area contributed by atoms with E-state index in [1.54, 1.807) is 0 Å². The van der Waals surface area contributed by atoms with Crippen LogP contribution in [-0.4, -0.2) is 10.2 Å². The molecule has 0 amide bonds. The maximum Gasteiger partial charge on any atom is 0.148 e. The van der Waals surface area contributed by atoms with Crippen molar-refractivity contribution in [3.05, 3.63) is 35.4 Å². The molecular formula is C14H19N3. The predicted molar refractivity (Wildman–Crippen MR) is 71.9 cm³/mol. The van der Waals surface area contributed by atoms with E-state index in [0.717, 1.165) is 11.3 Å². The number of benzene rings is 1. The van der Waals surface area contributed by atoms with Crippen LogP contribution in [0.1, 0.15) is 31.9 Å². The van der Waals surface area contributed by atoms with Gasteiger partial charge in [-0.05, 0) is 17.9 Å². The number of aromatic amines is 1. The van der Waals surface area contributed by atoms with Crippen LogP contribution >= 0.6 is 0 Å². The topological polar surface area (TPSA) is 54.7 Å². The number of nitrogens with one attached hydrogen (secondary N) is 1. The Morgan fingerprint density at radius 2 is 1.82 bits per heavy atom. The Bertz CT molecular complexity index is 533. The van der Waals surface area contributed by atoms with Gasteiger partial charge in [-0.3, -0.25) is 5.10 Å². The third kappa shape index (κ3) is 2.05. The normalized spacial score (nSPS) is 11.8. The average Bonchev–Trinajstić information content (AvgIpc) is 2.59. The van der Waals surface area contributed by atoms with Crippen molar-refractivity contribution >= 4 is 5.82 Å². The highest BCUT2D eigenvalue weighted by Crippen LogP contribution is 2.34. The standard InChI is InChI=1S/C14H19N3/c1-9-12(16-17-13(9)15)10-7-5-6-8-11(10)14(2,3)4/h5-8H,1-4H3,(H3,15,16,17). The molecule has 0 spiro atoms. The molecule has 0 aliphatic carbocycles. The smallest absolute Gasteiger partial charge is 0.148 e. The Balaban J connectivity index is 2.64. The van der Waals surface area contributed by atoms with Gasteiger partial charge >= 0.3 is 0 Å². The fourth-order valence-electron chi connectivity index (χ4n) is 2.03. The summed E-state index contributed by atoms with van der Waals surface area (Å²) in [5, 5.41) is 7.10. The maximum absolute atomic E-state index is 5.79. The van der Waals surface area contributed by atoms with Crippen LogP contribution in [-0.2, 0) is 5.41 Å². The van der Waals surface area contributed by atoms with Gasteiger partial charge < -0.3 is 5.73 Å². The summed E-state index contributed by atoms with van der Waals surface area (Å²) in [4.78, 5) is 0. The lowest BCUT2D eigenvalue weighted by atomic mass is 9.82. The molecule has 0 unspecified atom stereocenters. The van der Waals surface area contributed by atoms with Gasteiger partial charge in [-0.1, -0.05) is 45.0 Å². The molecule has 0 saturated heterocycles. The first-order chi connectivity index (χ1) is 7.91. The van der Waals surface area contributed by atoms with E-state index in [-0.39, 0.29) is 5.41 Å². The molecule has 90 valence electrons. The Labute approximate surface area is 102 Å². The van der Waals surface area contributed by atoms with Gasteiger partial charge in [-0.15, -0.1) is 0 Å². The third-order valence-electron chi connectivity index (χ3n) is 3.05. The summed E-state index contributed by atoms with van der Waals surface area (Å²) in [6, 6.07) is 8.38. The van der Waals surface area contributed by atoms with Gasteiger partial charge in [0.25, 0.3) is 0 Å². The Morgan fingerprint density at radius 3 is 2.35 bits per heavy atom. The first-order valence-electron chi connectivity index (χ1n) is 5.81. The number of rotatable bonds is 1. The molecule has 0 atom stereocenters. The largest absolute Gasteiger partial charge is 0.382 e. The van der Waals surface area contributed by atoms with Crippen LogP contribution < -0.4 is 5.73 Å². The van der Waals surface area contributed by atoms with Crippen LogP contribution in [0.3, 0.4) is 0 Å². The van der Waals surface area contributed by atoms with Crippen molar-refractivity contribution in [1.29, 1.82) is 0 Å². The fraction of sp³-hybridized carbons (Fsp3) is 0.357. The van der Waals surface area contributed by atoms with Crippen molar-refractivity contribution in [2.24, 2.45) is 0 Å². The van der Waals surface area contributed by atoms with E-state index in [2.05, 4.69) is 49.2 Å². The van der Waals surface area contributed by atoms with E-state index in [1.165, 1.54) is 11.1 Å². The number of anilines is 1. The second-order valence-corrected chi connectivity index (χ2v) is 5.40. The lowest BCUT2D eigenvalue weighted by Crippen LogP contribution is -2.12. The molecule has 0 aliphatic heterocycles. The predicted octanol–water partition coefficient (Wildman–Crippen LogP) is 3.26. The molecule has 1 aromatic heterocycles. The first kappa shape index (κ1) is 11.7. The minimum Gasteiger partial charge on any atom is -0.382 e. The van der Waals surface area contributed by atoms with Crippen molar-refractivity contribution in [3.63, 3.8) is 0 Å². The summed E-state index contributed by atoms with van der Waals surface area (Å²) in [7, 11) is 0. The van der Waals surface area contributed by atoms with Gasteiger partial charge in [0.1, 0.15) is 5.82 Å². The second-order valence-electron chi connectivity index (χ2n) is 5.40.